The van der Waals surface area contributed by atoms with E-state index >= 15 is 0 Å². The Morgan fingerprint density at radius 1 is 1.37 bits per heavy atom. The molecule has 2 N–H and O–H groups in total. The van der Waals surface area contributed by atoms with Crippen molar-refractivity contribution in [2.24, 2.45) is 5.73 Å². The highest BCUT2D eigenvalue weighted by atomic mass is 79.9. The third-order valence-corrected chi connectivity index (χ3v) is 4.15. The number of rotatable bonds is 3. The van der Waals surface area contributed by atoms with Crippen LogP contribution in [0.25, 0.3) is 5.69 Å². The van der Waals surface area contributed by atoms with E-state index in [0.29, 0.717) is 6.54 Å². The summed E-state index contributed by atoms with van der Waals surface area (Å²) in [7, 11) is 0. The highest BCUT2D eigenvalue weighted by molar-refractivity contribution is 9.10. The lowest BCUT2D eigenvalue weighted by Crippen LogP contribution is -2.21. The van der Waals surface area contributed by atoms with Crippen molar-refractivity contribution >= 4 is 15.9 Å². The van der Waals surface area contributed by atoms with Crippen LogP contribution in [0.3, 0.4) is 0 Å². The number of hydrogen-bond donors (Lipinski definition) is 1. The van der Waals surface area contributed by atoms with Crippen LogP contribution in [0.2, 0.25) is 0 Å². The average molecular weight is 328 g/mol. The van der Waals surface area contributed by atoms with Gasteiger partial charge in [0.2, 0.25) is 0 Å². The van der Waals surface area contributed by atoms with E-state index < -0.39 is 11.6 Å². The Bertz CT molecular complexity index is 635. The Labute approximate surface area is 117 Å². The van der Waals surface area contributed by atoms with Gasteiger partial charge in [-0.2, -0.15) is 5.10 Å². The monoisotopic (exact) mass is 327 g/mol. The fourth-order valence-corrected chi connectivity index (χ4v) is 2.89. The van der Waals surface area contributed by atoms with Gasteiger partial charge in [0.1, 0.15) is 11.5 Å². The minimum Gasteiger partial charge on any atom is -0.330 e. The quantitative estimate of drug-likeness (QED) is 0.942. The molecule has 1 aromatic heterocycles. The summed E-state index contributed by atoms with van der Waals surface area (Å²) in [6.45, 7) is 0.522. The summed E-state index contributed by atoms with van der Waals surface area (Å²) in [5.41, 5.74) is 6.76. The maximum atomic E-state index is 13.7. The van der Waals surface area contributed by atoms with Crippen LogP contribution < -0.4 is 5.73 Å². The maximum Gasteiger partial charge on any atom is 0.151 e. The lowest BCUT2D eigenvalue weighted by Gasteiger charge is -2.09. The van der Waals surface area contributed by atoms with Crippen LogP contribution in [0.4, 0.5) is 8.78 Å². The lowest BCUT2D eigenvalue weighted by molar-refractivity contribution is 0.571. The van der Waals surface area contributed by atoms with Crippen LogP contribution in [-0.4, -0.2) is 16.3 Å². The molecule has 1 saturated carbocycles. The molecule has 1 aromatic carbocycles. The molecule has 2 aromatic rings. The van der Waals surface area contributed by atoms with E-state index in [1.807, 2.05) is 0 Å². The highest BCUT2D eigenvalue weighted by Crippen LogP contribution is 2.48. The van der Waals surface area contributed by atoms with E-state index in [-0.39, 0.29) is 11.1 Å². The van der Waals surface area contributed by atoms with Crippen molar-refractivity contribution in [3.8, 4) is 5.69 Å². The maximum absolute atomic E-state index is 13.7. The fourth-order valence-electron chi connectivity index (χ4n) is 2.19. The van der Waals surface area contributed by atoms with E-state index in [1.165, 1.54) is 16.8 Å². The molecule has 1 aliphatic carbocycles. The van der Waals surface area contributed by atoms with Crippen molar-refractivity contribution in [2.75, 3.05) is 6.54 Å². The average Bonchev–Trinajstić information content (AvgIpc) is 3.07. The molecule has 0 radical (unpaired) electrons. The third kappa shape index (κ3) is 2.08. The van der Waals surface area contributed by atoms with Crippen LogP contribution in [-0.2, 0) is 5.41 Å². The molecule has 0 bridgehead atoms. The van der Waals surface area contributed by atoms with Crippen molar-refractivity contribution in [3.05, 3.63) is 46.2 Å². The van der Waals surface area contributed by atoms with Gasteiger partial charge in [0.05, 0.1) is 10.2 Å². The van der Waals surface area contributed by atoms with E-state index in [1.54, 1.807) is 6.20 Å². The second-order valence-corrected chi connectivity index (χ2v) is 5.70. The SMILES string of the molecule is NCC1(c2nn(-c3ccc(F)cc3F)cc2Br)CC1. The molecule has 0 aliphatic heterocycles. The summed E-state index contributed by atoms with van der Waals surface area (Å²) < 4.78 is 28.9. The molecule has 100 valence electrons. The molecule has 19 heavy (non-hydrogen) atoms. The first-order valence-corrected chi connectivity index (χ1v) is 6.76. The number of halogens is 3. The first-order valence-electron chi connectivity index (χ1n) is 5.97. The number of nitrogens with two attached hydrogens (primary N) is 1. The molecule has 3 nitrogen and oxygen atoms in total. The van der Waals surface area contributed by atoms with E-state index in [9.17, 15) is 8.78 Å². The summed E-state index contributed by atoms with van der Waals surface area (Å²) in [6, 6.07) is 3.43. The predicted octanol–water partition coefficient (Wildman–Crippen LogP) is 2.90. The molecule has 6 heteroatoms. The van der Waals surface area contributed by atoms with Crippen molar-refractivity contribution in [1.29, 1.82) is 0 Å². The highest BCUT2D eigenvalue weighted by Gasteiger charge is 2.46. The Balaban J connectivity index is 2.05. The molecule has 1 aliphatic rings. The van der Waals surface area contributed by atoms with Gasteiger partial charge < -0.3 is 5.73 Å². The second kappa shape index (κ2) is 4.38. The Morgan fingerprint density at radius 3 is 2.68 bits per heavy atom. The van der Waals surface area contributed by atoms with Crippen LogP contribution in [0.5, 0.6) is 0 Å². The normalized spacial score (nSPS) is 16.6. The lowest BCUT2D eigenvalue weighted by atomic mass is 10.0. The molecule has 1 fully saturated rings. The molecule has 1 heterocycles. The van der Waals surface area contributed by atoms with Crippen molar-refractivity contribution in [2.45, 2.75) is 18.3 Å². The van der Waals surface area contributed by atoms with Crippen LogP contribution in [0, 0.1) is 11.6 Å². The number of nitrogens with zero attached hydrogens (tertiary/aromatic N) is 2. The van der Waals surface area contributed by atoms with Gasteiger partial charge in [0, 0.05) is 24.2 Å². The topological polar surface area (TPSA) is 43.8 Å². The van der Waals surface area contributed by atoms with Crippen LogP contribution in [0.1, 0.15) is 18.5 Å². The smallest absolute Gasteiger partial charge is 0.151 e. The zero-order valence-corrected chi connectivity index (χ0v) is 11.6. The summed E-state index contributed by atoms with van der Waals surface area (Å²) in [4.78, 5) is 0. The molecular weight excluding hydrogens is 316 g/mol. The van der Waals surface area contributed by atoms with Crippen molar-refractivity contribution in [3.63, 3.8) is 0 Å². The first-order chi connectivity index (χ1) is 9.05. The van der Waals surface area contributed by atoms with E-state index in [0.717, 1.165) is 29.1 Å². The van der Waals surface area contributed by atoms with Gasteiger partial charge in [-0.25, -0.2) is 13.5 Å². The fraction of sp³-hybridized carbons (Fsp3) is 0.308. The number of aromatic nitrogens is 2. The van der Waals surface area contributed by atoms with Crippen molar-refractivity contribution in [1.82, 2.24) is 9.78 Å². The first kappa shape index (κ1) is 12.7. The van der Waals surface area contributed by atoms with Gasteiger partial charge in [-0.05, 0) is 40.9 Å². The van der Waals surface area contributed by atoms with Crippen LogP contribution >= 0.6 is 15.9 Å². The molecule has 0 saturated heterocycles. The largest absolute Gasteiger partial charge is 0.330 e. The summed E-state index contributed by atoms with van der Waals surface area (Å²) in [6.07, 6.45) is 3.66. The zero-order valence-electron chi connectivity index (χ0n) is 10.0. The summed E-state index contributed by atoms with van der Waals surface area (Å²) in [5.74, 6) is -1.24. The Hall–Kier alpha value is -1.27. The molecular formula is C13H12BrF2N3. The van der Waals surface area contributed by atoms with E-state index in [4.69, 9.17) is 5.73 Å². The summed E-state index contributed by atoms with van der Waals surface area (Å²) >= 11 is 3.43. The predicted molar refractivity (Wildman–Crippen MR) is 71.1 cm³/mol. The minimum atomic E-state index is -0.640. The van der Waals surface area contributed by atoms with Gasteiger partial charge >= 0.3 is 0 Å². The molecule has 0 amide bonds. The Kier molecular flexibility index (Phi) is 2.94. The standard InChI is InChI=1S/C13H12BrF2N3/c14-9-6-19(11-2-1-8(15)5-10(11)16)18-12(9)13(7-17)3-4-13/h1-2,5-6H,3-4,7,17H2. The minimum absolute atomic E-state index is 0.0827. The molecule has 0 spiro atoms. The Morgan fingerprint density at radius 2 is 2.11 bits per heavy atom. The van der Waals surface area contributed by atoms with Gasteiger partial charge in [0.25, 0.3) is 0 Å². The third-order valence-electron chi connectivity index (χ3n) is 3.57. The summed E-state index contributed by atoms with van der Waals surface area (Å²) in [5, 5.41) is 4.40. The van der Waals surface area contributed by atoms with Gasteiger partial charge in [-0.1, -0.05) is 0 Å². The second-order valence-electron chi connectivity index (χ2n) is 4.85. The molecule has 0 unspecified atom stereocenters. The molecule has 3 rings (SSSR count). The number of hydrogen-bond acceptors (Lipinski definition) is 2. The zero-order chi connectivity index (χ0) is 13.6. The number of benzene rings is 1. The van der Waals surface area contributed by atoms with Crippen molar-refractivity contribution < 1.29 is 8.78 Å². The van der Waals surface area contributed by atoms with E-state index in [2.05, 4.69) is 21.0 Å². The molecule has 0 atom stereocenters. The van der Waals surface area contributed by atoms with Crippen LogP contribution in [0.15, 0.2) is 28.9 Å². The van der Waals surface area contributed by atoms with Gasteiger partial charge in [0.15, 0.2) is 5.82 Å². The van der Waals surface area contributed by atoms with Gasteiger partial charge in [-0.15, -0.1) is 0 Å². The van der Waals surface area contributed by atoms with Gasteiger partial charge in [-0.3, -0.25) is 0 Å².